The molecule has 2 heteroatoms. The summed E-state index contributed by atoms with van der Waals surface area (Å²) in [5.74, 6) is 0. The number of rotatable bonds is 7. The maximum absolute atomic E-state index is 2.41. The number of nitrogens with zero attached hydrogens (tertiary/aromatic N) is 2. The molecule has 2 nitrogen and oxygen atoms in total. The van der Waals surface area contributed by atoms with Gasteiger partial charge in [-0.1, -0.05) is 164 Å². The second-order valence-corrected chi connectivity index (χ2v) is 14.9. The SMILES string of the molecule is c1ccc(-c2ccc3c(-c4ccc(-n5c6ccccc6c6cc(N(c7ccccc7)c7ccccc7)ccc65)cc4)c4ccccc4c(-c4ccccc4)c3c2)cc1. The fraction of sp³-hybridized carbons (Fsp3) is 0. The van der Waals surface area contributed by atoms with Gasteiger partial charge in [-0.15, -0.1) is 0 Å². The molecule has 0 fully saturated rings. The van der Waals surface area contributed by atoms with Crippen molar-refractivity contribution >= 4 is 60.4 Å². The fourth-order valence-electron chi connectivity index (χ4n) is 8.97. The number of fused-ring (bicyclic) bond motifs is 5. The van der Waals surface area contributed by atoms with Gasteiger partial charge in [0.15, 0.2) is 0 Å². The monoisotopic (exact) mass is 738 g/mol. The van der Waals surface area contributed by atoms with E-state index in [2.05, 4.69) is 240 Å². The van der Waals surface area contributed by atoms with E-state index in [0.29, 0.717) is 0 Å². The molecule has 11 aromatic rings. The molecule has 1 aromatic heterocycles. The van der Waals surface area contributed by atoms with Gasteiger partial charge in [-0.05, 0) is 122 Å². The van der Waals surface area contributed by atoms with Gasteiger partial charge >= 0.3 is 0 Å². The van der Waals surface area contributed by atoms with E-state index in [1.807, 2.05) is 0 Å². The molecule has 0 amide bonds. The van der Waals surface area contributed by atoms with Crippen molar-refractivity contribution in [2.45, 2.75) is 0 Å². The van der Waals surface area contributed by atoms with E-state index in [0.717, 1.165) is 22.7 Å². The Hall–Kier alpha value is -7.68. The van der Waals surface area contributed by atoms with E-state index in [4.69, 9.17) is 0 Å². The highest BCUT2D eigenvalue weighted by atomic mass is 15.1. The van der Waals surface area contributed by atoms with E-state index in [1.54, 1.807) is 0 Å². The van der Waals surface area contributed by atoms with Crippen LogP contribution in [0.2, 0.25) is 0 Å². The Morgan fingerprint density at radius 3 is 1.36 bits per heavy atom. The summed E-state index contributed by atoms with van der Waals surface area (Å²) in [5.41, 5.74) is 14.2. The van der Waals surface area contributed by atoms with Gasteiger partial charge in [0.2, 0.25) is 0 Å². The Balaban J connectivity index is 1.08. The van der Waals surface area contributed by atoms with Gasteiger partial charge in [-0.3, -0.25) is 0 Å². The molecular formula is C56H38N2. The quantitative estimate of drug-likeness (QED) is 0.148. The largest absolute Gasteiger partial charge is 0.310 e. The molecule has 0 aliphatic heterocycles. The predicted molar refractivity (Wildman–Crippen MR) is 247 cm³/mol. The summed E-state index contributed by atoms with van der Waals surface area (Å²) >= 11 is 0. The van der Waals surface area contributed by atoms with Crippen LogP contribution in [0.5, 0.6) is 0 Å². The summed E-state index contributed by atoms with van der Waals surface area (Å²) < 4.78 is 2.41. The van der Waals surface area contributed by atoms with Crippen molar-refractivity contribution in [2.24, 2.45) is 0 Å². The van der Waals surface area contributed by atoms with Crippen LogP contribution in [0, 0.1) is 0 Å². The molecule has 0 unspecified atom stereocenters. The van der Waals surface area contributed by atoms with Gasteiger partial charge in [-0.25, -0.2) is 0 Å². The van der Waals surface area contributed by atoms with Crippen LogP contribution in [0.25, 0.3) is 82.4 Å². The first kappa shape index (κ1) is 33.6. The molecular weight excluding hydrogens is 701 g/mol. The molecule has 0 saturated heterocycles. The third kappa shape index (κ3) is 5.66. The Morgan fingerprint density at radius 2 is 0.724 bits per heavy atom. The second-order valence-electron chi connectivity index (χ2n) is 14.9. The van der Waals surface area contributed by atoms with Gasteiger partial charge in [0.1, 0.15) is 0 Å². The Bertz CT molecular complexity index is 3200. The highest BCUT2D eigenvalue weighted by molar-refractivity contribution is 6.22. The lowest BCUT2D eigenvalue weighted by atomic mass is 9.85. The summed E-state index contributed by atoms with van der Waals surface area (Å²) in [6, 6.07) is 83.6. The first-order valence-corrected chi connectivity index (χ1v) is 19.9. The number of anilines is 3. The number of para-hydroxylation sites is 3. The van der Waals surface area contributed by atoms with E-state index >= 15 is 0 Å². The number of hydrogen-bond donors (Lipinski definition) is 0. The lowest BCUT2D eigenvalue weighted by molar-refractivity contribution is 1.18. The maximum Gasteiger partial charge on any atom is 0.0542 e. The molecule has 11 rings (SSSR count). The van der Waals surface area contributed by atoms with E-state index in [1.165, 1.54) is 76.7 Å². The van der Waals surface area contributed by atoms with Crippen molar-refractivity contribution in [1.29, 1.82) is 0 Å². The van der Waals surface area contributed by atoms with Crippen LogP contribution in [0.15, 0.2) is 231 Å². The third-order valence-corrected chi connectivity index (χ3v) is 11.6. The van der Waals surface area contributed by atoms with Crippen molar-refractivity contribution in [1.82, 2.24) is 4.57 Å². The molecule has 10 aromatic carbocycles. The summed E-state index contributed by atoms with van der Waals surface area (Å²) in [4.78, 5) is 2.33. The van der Waals surface area contributed by atoms with Gasteiger partial charge in [0.25, 0.3) is 0 Å². The molecule has 0 aliphatic carbocycles. The van der Waals surface area contributed by atoms with Gasteiger partial charge in [0, 0.05) is 33.5 Å². The van der Waals surface area contributed by atoms with Crippen molar-refractivity contribution in [3.8, 4) is 39.1 Å². The standard InChI is InChI=1S/C56H38N2/c1-5-17-39(18-6-1)42-31-35-50-52(37-42)56(40-19-7-2-8-20-40)49-27-14-13-26-48(49)55(50)41-29-32-45(33-30-41)58-53-28-16-15-25-47(53)51-38-46(34-36-54(51)58)57(43-21-9-3-10-22-43)44-23-11-4-12-24-44/h1-38H. The molecule has 0 spiro atoms. The molecule has 0 saturated carbocycles. The molecule has 1 heterocycles. The van der Waals surface area contributed by atoms with Crippen LogP contribution < -0.4 is 4.90 Å². The van der Waals surface area contributed by atoms with Crippen molar-refractivity contribution in [3.63, 3.8) is 0 Å². The van der Waals surface area contributed by atoms with E-state index in [-0.39, 0.29) is 0 Å². The highest BCUT2D eigenvalue weighted by Gasteiger charge is 2.20. The molecule has 0 N–H and O–H groups in total. The van der Waals surface area contributed by atoms with Crippen LogP contribution in [0.1, 0.15) is 0 Å². The zero-order valence-electron chi connectivity index (χ0n) is 31.8. The first-order chi connectivity index (χ1) is 28.8. The first-order valence-electron chi connectivity index (χ1n) is 19.9. The third-order valence-electron chi connectivity index (χ3n) is 11.6. The minimum Gasteiger partial charge on any atom is -0.310 e. The molecule has 58 heavy (non-hydrogen) atoms. The average molecular weight is 739 g/mol. The topological polar surface area (TPSA) is 8.17 Å². The maximum atomic E-state index is 2.41. The van der Waals surface area contributed by atoms with Crippen LogP contribution >= 0.6 is 0 Å². The van der Waals surface area contributed by atoms with Crippen molar-refractivity contribution in [3.05, 3.63) is 231 Å². The summed E-state index contributed by atoms with van der Waals surface area (Å²) in [7, 11) is 0. The molecule has 0 aliphatic rings. The summed E-state index contributed by atoms with van der Waals surface area (Å²) in [6.45, 7) is 0. The smallest absolute Gasteiger partial charge is 0.0542 e. The minimum absolute atomic E-state index is 1.12. The lowest BCUT2D eigenvalue weighted by Gasteiger charge is -2.25. The highest BCUT2D eigenvalue weighted by Crippen LogP contribution is 2.45. The number of benzene rings is 10. The zero-order valence-corrected chi connectivity index (χ0v) is 31.8. The fourth-order valence-corrected chi connectivity index (χ4v) is 8.97. The van der Waals surface area contributed by atoms with Crippen LogP contribution in [-0.4, -0.2) is 4.57 Å². The predicted octanol–water partition coefficient (Wildman–Crippen LogP) is 15.6. The van der Waals surface area contributed by atoms with Gasteiger partial charge < -0.3 is 9.47 Å². The normalized spacial score (nSPS) is 11.4. The minimum atomic E-state index is 1.12. The second kappa shape index (κ2) is 14.1. The molecule has 0 radical (unpaired) electrons. The summed E-state index contributed by atoms with van der Waals surface area (Å²) in [5, 5.41) is 7.45. The molecule has 272 valence electrons. The van der Waals surface area contributed by atoms with Crippen molar-refractivity contribution < 1.29 is 0 Å². The molecule has 0 atom stereocenters. The Kier molecular flexibility index (Phi) is 8.19. The summed E-state index contributed by atoms with van der Waals surface area (Å²) in [6.07, 6.45) is 0. The Morgan fingerprint density at radius 1 is 0.259 bits per heavy atom. The van der Waals surface area contributed by atoms with E-state index in [9.17, 15) is 0 Å². The van der Waals surface area contributed by atoms with Gasteiger partial charge in [0.05, 0.1) is 11.0 Å². The lowest BCUT2D eigenvalue weighted by Crippen LogP contribution is -2.09. The number of aromatic nitrogens is 1. The van der Waals surface area contributed by atoms with Crippen LogP contribution in [0.4, 0.5) is 17.1 Å². The number of hydrogen-bond acceptors (Lipinski definition) is 1. The average Bonchev–Trinajstić information content (AvgIpc) is 3.63. The Labute approximate surface area is 338 Å². The molecule has 0 bridgehead atoms. The van der Waals surface area contributed by atoms with Crippen molar-refractivity contribution in [2.75, 3.05) is 4.90 Å². The van der Waals surface area contributed by atoms with Crippen LogP contribution in [-0.2, 0) is 0 Å². The van der Waals surface area contributed by atoms with E-state index < -0.39 is 0 Å². The van der Waals surface area contributed by atoms with Gasteiger partial charge in [-0.2, -0.15) is 0 Å². The zero-order chi connectivity index (χ0) is 38.4. The van der Waals surface area contributed by atoms with Crippen LogP contribution in [0.3, 0.4) is 0 Å².